The number of aryl methyl sites for hydroxylation is 1. The molecule has 0 saturated carbocycles. The van der Waals surface area contributed by atoms with Crippen molar-refractivity contribution in [1.29, 1.82) is 0 Å². The van der Waals surface area contributed by atoms with Gasteiger partial charge in [0.25, 0.3) is 0 Å². The summed E-state index contributed by atoms with van der Waals surface area (Å²) in [5.41, 5.74) is 2.03. The largest absolute Gasteiger partial charge is 0.325 e. The molecule has 0 spiro atoms. The Hall–Kier alpha value is -1.23. The molecule has 116 valence electrons. The van der Waals surface area contributed by atoms with E-state index in [1.54, 1.807) is 30.3 Å². The third kappa shape index (κ3) is 4.63. The summed E-state index contributed by atoms with van der Waals surface area (Å²) in [7, 11) is 0. The topological polar surface area (TPSA) is 29.1 Å². The molecular formula is C16H14Cl2FNOS. The summed E-state index contributed by atoms with van der Waals surface area (Å²) in [6.07, 6.45) is 0. The van der Waals surface area contributed by atoms with Gasteiger partial charge < -0.3 is 5.32 Å². The summed E-state index contributed by atoms with van der Waals surface area (Å²) >= 11 is 13.1. The second-order valence-corrected chi connectivity index (χ2v) is 6.53. The Balaban J connectivity index is 1.88. The van der Waals surface area contributed by atoms with Gasteiger partial charge in [0.15, 0.2) is 0 Å². The zero-order valence-electron chi connectivity index (χ0n) is 11.8. The van der Waals surface area contributed by atoms with Crippen LogP contribution >= 0.6 is 35.0 Å². The molecule has 0 heterocycles. The highest BCUT2D eigenvalue weighted by Crippen LogP contribution is 2.24. The maximum atomic E-state index is 13.6. The second kappa shape index (κ2) is 7.86. The van der Waals surface area contributed by atoms with Gasteiger partial charge in [-0.25, -0.2) is 4.39 Å². The number of hydrogen-bond acceptors (Lipinski definition) is 2. The van der Waals surface area contributed by atoms with Crippen molar-refractivity contribution in [2.45, 2.75) is 12.7 Å². The SMILES string of the molecule is Cc1cc(Cl)ccc1NC(=O)CSCc1c(F)cccc1Cl. The van der Waals surface area contributed by atoms with E-state index >= 15 is 0 Å². The molecule has 0 radical (unpaired) electrons. The number of rotatable bonds is 5. The second-order valence-electron chi connectivity index (χ2n) is 4.70. The molecule has 2 aromatic carbocycles. The van der Waals surface area contributed by atoms with E-state index in [0.29, 0.717) is 21.4 Å². The molecule has 6 heteroatoms. The molecule has 0 fully saturated rings. The molecule has 1 N–H and O–H groups in total. The molecule has 0 atom stereocenters. The minimum atomic E-state index is -0.353. The molecule has 0 unspecified atom stereocenters. The minimum absolute atomic E-state index is 0.150. The zero-order valence-corrected chi connectivity index (χ0v) is 14.2. The van der Waals surface area contributed by atoms with Gasteiger partial charge in [0.1, 0.15) is 5.82 Å². The average Bonchev–Trinajstić information content (AvgIpc) is 2.45. The molecule has 0 saturated heterocycles. The fraction of sp³-hybridized carbons (Fsp3) is 0.188. The maximum Gasteiger partial charge on any atom is 0.234 e. The zero-order chi connectivity index (χ0) is 16.1. The number of thioether (sulfide) groups is 1. The van der Waals surface area contributed by atoms with Crippen molar-refractivity contribution in [2.75, 3.05) is 11.1 Å². The Morgan fingerprint density at radius 1 is 1.27 bits per heavy atom. The van der Waals surface area contributed by atoms with Crippen LogP contribution in [-0.2, 0) is 10.5 Å². The van der Waals surface area contributed by atoms with E-state index in [9.17, 15) is 9.18 Å². The molecule has 0 bridgehead atoms. The Labute approximate surface area is 143 Å². The van der Waals surface area contributed by atoms with Crippen molar-refractivity contribution in [3.63, 3.8) is 0 Å². The predicted molar refractivity (Wildman–Crippen MR) is 92.4 cm³/mol. The van der Waals surface area contributed by atoms with Crippen molar-refractivity contribution in [3.8, 4) is 0 Å². The van der Waals surface area contributed by atoms with Gasteiger partial charge in [-0.1, -0.05) is 29.3 Å². The molecule has 0 aliphatic heterocycles. The van der Waals surface area contributed by atoms with Gasteiger partial charge in [-0.05, 0) is 42.8 Å². The van der Waals surface area contributed by atoms with Crippen LogP contribution in [0, 0.1) is 12.7 Å². The predicted octanol–water partition coefficient (Wildman–Crippen LogP) is 5.31. The van der Waals surface area contributed by atoms with E-state index in [1.165, 1.54) is 17.8 Å². The fourth-order valence-corrected chi connectivity index (χ4v) is 3.26. The quantitative estimate of drug-likeness (QED) is 0.785. The number of carbonyl (C=O) groups excluding carboxylic acids is 1. The van der Waals surface area contributed by atoms with Crippen LogP contribution in [0.5, 0.6) is 0 Å². The number of nitrogens with one attached hydrogen (secondary N) is 1. The van der Waals surface area contributed by atoms with Crippen molar-refractivity contribution < 1.29 is 9.18 Å². The van der Waals surface area contributed by atoms with Crippen LogP contribution in [-0.4, -0.2) is 11.7 Å². The summed E-state index contributed by atoms with van der Waals surface area (Å²) in [6, 6.07) is 9.81. The van der Waals surface area contributed by atoms with E-state index < -0.39 is 0 Å². The number of amides is 1. The van der Waals surface area contributed by atoms with Crippen LogP contribution in [0.25, 0.3) is 0 Å². The van der Waals surface area contributed by atoms with Crippen molar-refractivity contribution in [1.82, 2.24) is 0 Å². The van der Waals surface area contributed by atoms with E-state index in [0.717, 1.165) is 11.3 Å². The lowest BCUT2D eigenvalue weighted by Crippen LogP contribution is -2.15. The minimum Gasteiger partial charge on any atom is -0.325 e. The van der Waals surface area contributed by atoms with Crippen LogP contribution in [0.4, 0.5) is 10.1 Å². The van der Waals surface area contributed by atoms with Gasteiger partial charge in [0.05, 0.1) is 5.75 Å². The summed E-state index contributed by atoms with van der Waals surface area (Å²) < 4.78 is 13.6. The van der Waals surface area contributed by atoms with Crippen LogP contribution in [0.15, 0.2) is 36.4 Å². The summed E-state index contributed by atoms with van der Waals surface area (Å²) in [5, 5.41) is 3.81. The molecule has 2 aromatic rings. The van der Waals surface area contributed by atoms with Crippen LogP contribution in [0.3, 0.4) is 0 Å². The van der Waals surface area contributed by atoms with E-state index in [2.05, 4.69) is 5.32 Å². The Morgan fingerprint density at radius 2 is 2.05 bits per heavy atom. The van der Waals surface area contributed by atoms with E-state index in [1.807, 2.05) is 6.92 Å². The Bertz CT molecular complexity index is 674. The van der Waals surface area contributed by atoms with Crippen LogP contribution < -0.4 is 5.32 Å². The third-order valence-corrected chi connectivity index (χ3v) is 4.55. The van der Waals surface area contributed by atoms with Gasteiger partial charge >= 0.3 is 0 Å². The first-order chi connectivity index (χ1) is 10.5. The van der Waals surface area contributed by atoms with Crippen LogP contribution in [0.1, 0.15) is 11.1 Å². The fourth-order valence-electron chi connectivity index (χ4n) is 1.87. The highest BCUT2D eigenvalue weighted by atomic mass is 35.5. The van der Waals surface area contributed by atoms with Gasteiger partial charge in [0, 0.05) is 27.0 Å². The number of hydrogen-bond donors (Lipinski definition) is 1. The molecule has 0 aliphatic rings. The first kappa shape index (κ1) is 17.1. The van der Waals surface area contributed by atoms with Crippen LogP contribution in [0.2, 0.25) is 10.0 Å². The summed E-state index contributed by atoms with van der Waals surface area (Å²) in [5.74, 6) is 0.0578. The molecule has 1 amide bonds. The lowest BCUT2D eigenvalue weighted by Gasteiger charge is -2.09. The highest BCUT2D eigenvalue weighted by Gasteiger charge is 2.09. The van der Waals surface area contributed by atoms with Crippen molar-refractivity contribution >= 4 is 46.6 Å². The molecule has 22 heavy (non-hydrogen) atoms. The molecule has 2 rings (SSSR count). The summed E-state index contributed by atoms with van der Waals surface area (Å²) in [4.78, 5) is 11.9. The lowest BCUT2D eigenvalue weighted by atomic mass is 10.2. The monoisotopic (exact) mass is 357 g/mol. The van der Waals surface area contributed by atoms with Gasteiger partial charge in [0.2, 0.25) is 5.91 Å². The van der Waals surface area contributed by atoms with Gasteiger partial charge in [-0.2, -0.15) is 0 Å². The first-order valence-corrected chi connectivity index (χ1v) is 8.45. The van der Waals surface area contributed by atoms with E-state index in [4.69, 9.17) is 23.2 Å². The molecule has 0 aromatic heterocycles. The Morgan fingerprint density at radius 3 is 2.73 bits per heavy atom. The van der Waals surface area contributed by atoms with E-state index in [-0.39, 0.29) is 17.5 Å². The lowest BCUT2D eigenvalue weighted by molar-refractivity contribution is -0.113. The molecule has 2 nitrogen and oxygen atoms in total. The van der Waals surface area contributed by atoms with Crippen molar-refractivity contribution in [2.24, 2.45) is 0 Å². The third-order valence-electron chi connectivity index (χ3n) is 3.00. The van der Waals surface area contributed by atoms with Crippen molar-refractivity contribution in [3.05, 3.63) is 63.4 Å². The number of carbonyl (C=O) groups is 1. The Kier molecular flexibility index (Phi) is 6.12. The number of anilines is 1. The molecular weight excluding hydrogens is 344 g/mol. The number of halogens is 3. The number of benzene rings is 2. The maximum absolute atomic E-state index is 13.6. The molecule has 0 aliphatic carbocycles. The summed E-state index contributed by atoms with van der Waals surface area (Å²) in [6.45, 7) is 1.87. The van der Waals surface area contributed by atoms with Gasteiger partial charge in [-0.3, -0.25) is 4.79 Å². The normalized spacial score (nSPS) is 10.5. The standard InChI is InChI=1S/C16H14Cl2FNOS/c1-10-7-11(17)5-6-15(10)20-16(21)9-22-8-12-13(18)3-2-4-14(12)19/h2-7H,8-9H2,1H3,(H,20,21). The smallest absolute Gasteiger partial charge is 0.234 e. The van der Waals surface area contributed by atoms with Gasteiger partial charge in [-0.15, -0.1) is 11.8 Å². The first-order valence-electron chi connectivity index (χ1n) is 6.54. The highest BCUT2D eigenvalue weighted by molar-refractivity contribution is 7.99. The average molecular weight is 358 g/mol.